The maximum absolute atomic E-state index is 12.5. The van der Waals surface area contributed by atoms with Crippen LogP contribution in [0, 0.1) is 5.92 Å². The third kappa shape index (κ3) is 4.50. The van der Waals surface area contributed by atoms with Gasteiger partial charge in [-0.25, -0.2) is 4.99 Å². The predicted molar refractivity (Wildman–Crippen MR) is 99.2 cm³/mol. The zero-order chi connectivity index (χ0) is 16.8. The van der Waals surface area contributed by atoms with Crippen molar-refractivity contribution < 1.29 is 4.79 Å². The number of amides is 1. The van der Waals surface area contributed by atoms with E-state index in [9.17, 15) is 4.79 Å². The van der Waals surface area contributed by atoms with E-state index in [1.165, 1.54) is 17.7 Å². The summed E-state index contributed by atoms with van der Waals surface area (Å²) in [5.41, 5.74) is 0. The highest BCUT2D eigenvalue weighted by molar-refractivity contribution is 7.09. The van der Waals surface area contributed by atoms with Crippen LogP contribution in [-0.2, 0) is 11.3 Å². The maximum atomic E-state index is 12.5. The minimum absolute atomic E-state index is 0.282. The van der Waals surface area contributed by atoms with E-state index in [1.54, 1.807) is 11.3 Å². The first-order valence-electron chi connectivity index (χ1n) is 9.12. The molecule has 0 aromatic carbocycles. The first-order valence-corrected chi connectivity index (χ1v) is 10.00. The highest BCUT2D eigenvalue weighted by Crippen LogP contribution is 2.27. The summed E-state index contributed by atoms with van der Waals surface area (Å²) < 4.78 is 0. The zero-order valence-electron chi connectivity index (χ0n) is 14.5. The standard InChI is InChI=1S/C18H28N4OS/c1-2-19-18(20-12-16-8-5-11-24-16)21-15-9-10-22(13-15)17(23)14-6-3-4-7-14/h5,8,11,14-15H,2-4,6-7,9-10,12-13H2,1H3,(H2,19,20,21). The summed E-state index contributed by atoms with van der Waals surface area (Å²) >= 11 is 1.73. The molecule has 2 aliphatic rings. The van der Waals surface area contributed by atoms with E-state index in [0.29, 0.717) is 18.5 Å². The molecular formula is C18H28N4OS. The molecule has 1 aromatic rings. The second kappa shape index (κ2) is 8.51. The minimum Gasteiger partial charge on any atom is -0.357 e. The molecule has 1 aliphatic heterocycles. The molecule has 2 N–H and O–H groups in total. The number of likely N-dealkylation sites (tertiary alicyclic amines) is 1. The van der Waals surface area contributed by atoms with Crippen LogP contribution in [0.3, 0.4) is 0 Å². The molecule has 3 rings (SSSR count). The molecule has 1 aliphatic carbocycles. The average molecular weight is 349 g/mol. The van der Waals surface area contributed by atoms with E-state index in [1.807, 2.05) is 0 Å². The first-order chi connectivity index (χ1) is 11.8. The van der Waals surface area contributed by atoms with Crippen molar-refractivity contribution in [3.8, 4) is 0 Å². The summed E-state index contributed by atoms with van der Waals surface area (Å²) in [5.74, 6) is 1.51. The Morgan fingerprint density at radius 2 is 2.21 bits per heavy atom. The molecule has 132 valence electrons. The van der Waals surface area contributed by atoms with Gasteiger partial charge in [0.2, 0.25) is 5.91 Å². The van der Waals surface area contributed by atoms with Gasteiger partial charge in [-0.1, -0.05) is 18.9 Å². The Morgan fingerprint density at radius 3 is 2.92 bits per heavy atom. The van der Waals surface area contributed by atoms with Crippen molar-refractivity contribution in [1.29, 1.82) is 0 Å². The van der Waals surface area contributed by atoms with Gasteiger partial charge in [0, 0.05) is 36.5 Å². The number of hydrogen-bond donors (Lipinski definition) is 2. The monoisotopic (exact) mass is 348 g/mol. The van der Waals surface area contributed by atoms with Crippen LogP contribution in [0.5, 0.6) is 0 Å². The topological polar surface area (TPSA) is 56.7 Å². The summed E-state index contributed by atoms with van der Waals surface area (Å²) in [5, 5.41) is 8.89. The number of rotatable bonds is 5. The molecule has 0 spiro atoms. The highest BCUT2D eigenvalue weighted by atomic mass is 32.1. The van der Waals surface area contributed by atoms with Gasteiger partial charge in [-0.3, -0.25) is 4.79 Å². The van der Waals surface area contributed by atoms with E-state index < -0.39 is 0 Å². The van der Waals surface area contributed by atoms with E-state index in [2.05, 4.69) is 45.0 Å². The number of carbonyl (C=O) groups excluding carboxylic acids is 1. The van der Waals surface area contributed by atoms with Crippen LogP contribution < -0.4 is 10.6 Å². The number of aliphatic imine (C=N–C) groups is 1. The Hall–Kier alpha value is -1.56. The lowest BCUT2D eigenvalue weighted by Crippen LogP contribution is -2.45. The number of carbonyl (C=O) groups is 1. The van der Waals surface area contributed by atoms with Crippen LogP contribution >= 0.6 is 11.3 Å². The van der Waals surface area contributed by atoms with Crippen molar-refractivity contribution in [3.05, 3.63) is 22.4 Å². The van der Waals surface area contributed by atoms with Gasteiger partial charge in [-0.05, 0) is 37.6 Å². The zero-order valence-corrected chi connectivity index (χ0v) is 15.3. The Bertz CT molecular complexity index is 551. The highest BCUT2D eigenvalue weighted by Gasteiger charge is 2.32. The van der Waals surface area contributed by atoms with Crippen LogP contribution in [0.1, 0.15) is 43.9 Å². The third-order valence-corrected chi connectivity index (χ3v) is 5.72. The Morgan fingerprint density at radius 1 is 1.38 bits per heavy atom. The molecule has 1 saturated heterocycles. The number of guanidine groups is 1. The van der Waals surface area contributed by atoms with Gasteiger partial charge < -0.3 is 15.5 Å². The molecule has 1 amide bonds. The lowest BCUT2D eigenvalue weighted by atomic mass is 10.1. The summed E-state index contributed by atoms with van der Waals surface area (Å²) in [4.78, 5) is 20.5. The van der Waals surface area contributed by atoms with E-state index >= 15 is 0 Å². The lowest BCUT2D eigenvalue weighted by Gasteiger charge is -2.21. The Balaban J connectivity index is 1.51. The van der Waals surface area contributed by atoms with E-state index in [-0.39, 0.29) is 5.92 Å². The molecular weight excluding hydrogens is 320 g/mol. The first kappa shape index (κ1) is 17.3. The summed E-state index contributed by atoms with van der Waals surface area (Å²) in [6.45, 7) is 5.29. The van der Waals surface area contributed by atoms with Crippen molar-refractivity contribution in [1.82, 2.24) is 15.5 Å². The number of thiophene rings is 1. The number of hydrogen-bond acceptors (Lipinski definition) is 3. The van der Waals surface area contributed by atoms with Crippen molar-refractivity contribution in [2.24, 2.45) is 10.9 Å². The van der Waals surface area contributed by atoms with Crippen molar-refractivity contribution in [2.45, 2.75) is 51.6 Å². The number of nitrogens with one attached hydrogen (secondary N) is 2. The van der Waals surface area contributed by atoms with Gasteiger partial charge in [0.05, 0.1) is 6.54 Å². The second-order valence-electron chi connectivity index (χ2n) is 6.67. The fraction of sp³-hybridized carbons (Fsp3) is 0.667. The van der Waals surface area contributed by atoms with Crippen LogP contribution in [0.4, 0.5) is 0 Å². The second-order valence-corrected chi connectivity index (χ2v) is 7.70. The molecule has 1 atom stereocenters. The van der Waals surface area contributed by atoms with Gasteiger partial charge in [-0.2, -0.15) is 0 Å². The van der Waals surface area contributed by atoms with Crippen LogP contribution in [-0.4, -0.2) is 42.4 Å². The van der Waals surface area contributed by atoms with E-state index in [0.717, 1.165) is 44.9 Å². The normalized spacial score (nSPS) is 22.1. The predicted octanol–water partition coefficient (Wildman–Crippen LogP) is 2.59. The van der Waals surface area contributed by atoms with Crippen LogP contribution in [0.15, 0.2) is 22.5 Å². The summed E-state index contributed by atoms with van der Waals surface area (Å²) in [7, 11) is 0. The molecule has 0 bridgehead atoms. The molecule has 2 heterocycles. The van der Waals surface area contributed by atoms with Crippen molar-refractivity contribution in [3.63, 3.8) is 0 Å². The van der Waals surface area contributed by atoms with Gasteiger partial charge in [0.15, 0.2) is 5.96 Å². The van der Waals surface area contributed by atoms with Gasteiger partial charge in [0.1, 0.15) is 0 Å². The molecule has 6 heteroatoms. The van der Waals surface area contributed by atoms with E-state index in [4.69, 9.17) is 0 Å². The van der Waals surface area contributed by atoms with Crippen LogP contribution in [0.25, 0.3) is 0 Å². The molecule has 1 saturated carbocycles. The Labute approximate surface area is 148 Å². The fourth-order valence-electron chi connectivity index (χ4n) is 3.58. The molecule has 2 fully saturated rings. The van der Waals surface area contributed by atoms with Crippen LogP contribution in [0.2, 0.25) is 0 Å². The molecule has 1 unspecified atom stereocenters. The maximum Gasteiger partial charge on any atom is 0.225 e. The largest absolute Gasteiger partial charge is 0.357 e. The molecule has 24 heavy (non-hydrogen) atoms. The smallest absolute Gasteiger partial charge is 0.225 e. The fourth-order valence-corrected chi connectivity index (χ4v) is 4.21. The molecule has 5 nitrogen and oxygen atoms in total. The summed E-state index contributed by atoms with van der Waals surface area (Å²) in [6.07, 6.45) is 5.59. The van der Waals surface area contributed by atoms with Crippen molar-refractivity contribution >= 4 is 23.2 Å². The lowest BCUT2D eigenvalue weighted by molar-refractivity contribution is -0.134. The SMILES string of the molecule is CCNC(=NCc1cccs1)NC1CCN(C(=O)C2CCCC2)C1. The Kier molecular flexibility index (Phi) is 6.12. The minimum atomic E-state index is 0.282. The third-order valence-electron chi connectivity index (χ3n) is 4.86. The van der Waals surface area contributed by atoms with Gasteiger partial charge in [0.25, 0.3) is 0 Å². The summed E-state index contributed by atoms with van der Waals surface area (Å²) in [6, 6.07) is 4.46. The molecule has 1 aromatic heterocycles. The number of nitrogens with zero attached hydrogens (tertiary/aromatic N) is 2. The van der Waals surface area contributed by atoms with Gasteiger partial charge in [-0.15, -0.1) is 11.3 Å². The van der Waals surface area contributed by atoms with Crippen molar-refractivity contribution in [2.75, 3.05) is 19.6 Å². The van der Waals surface area contributed by atoms with Gasteiger partial charge >= 0.3 is 0 Å². The average Bonchev–Trinajstić information content (AvgIpc) is 3.33. The molecule has 0 radical (unpaired) electrons. The quantitative estimate of drug-likeness (QED) is 0.635.